The van der Waals surface area contributed by atoms with Crippen molar-refractivity contribution in [2.45, 2.75) is 13.0 Å². The van der Waals surface area contributed by atoms with E-state index in [0.29, 0.717) is 27.8 Å². The van der Waals surface area contributed by atoms with Gasteiger partial charge in [-0.1, -0.05) is 47.2 Å². The van der Waals surface area contributed by atoms with E-state index >= 15 is 0 Å². The minimum atomic E-state index is -0.467. The Morgan fingerprint density at radius 1 is 1.10 bits per heavy atom. The van der Waals surface area contributed by atoms with Crippen molar-refractivity contribution in [3.8, 4) is 0 Å². The van der Waals surface area contributed by atoms with Crippen LogP contribution in [0.4, 0.5) is 10.8 Å². The van der Waals surface area contributed by atoms with Crippen molar-refractivity contribution in [2.75, 3.05) is 4.90 Å². The third-order valence-electron chi connectivity index (χ3n) is 4.46. The molecule has 0 bridgehead atoms. The van der Waals surface area contributed by atoms with Gasteiger partial charge >= 0.3 is 0 Å². The van der Waals surface area contributed by atoms with E-state index in [1.54, 1.807) is 35.5 Å². The molecule has 1 amide bonds. The van der Waals surface area contributed by atoms with E-state index < -0.39 is 4.92 Å². The second-order valence-corrected chi connectivity index (χ2v) is 7.94. The number of halogens is 1. The van der Waals surface area contributed by atoms with Crippen molar-refractivity contribution >= 4 is 49.9 Å². The number of anilines is 1. The summed E-state index contributed by atoms with van der Waals surface area (Å²) >= 11 is 7.64. The molecular formula is C21H15ClN4O3S. The van der Waals surface area contributed by atoms with Gasteiger partial charge in [0, 0.05) is 24.5 Å². The number of pyridine rings is 1. The number of nitro groups is 1. The molecule has 0 aliphatic carbocycles. The van der Waals surface area contributed by atoms with Gasteiger partial charge in [-0.15, -0.1) is 0 Å². The first-order valence-corrected chi connectivity index (χ1v) is 10.2. The van der Waals surface area contributed by atoms with E-state index in [1.807, 2.05) is 24.3 Å². The van der Waals surface area contributed by atoms with Crippen LogP contribution in [0, 0.1) is 10.1 Å². The molecule has 7 nitrogen and oxygen atoms in total. The van der Waals surface area contributed by atoms with Gasteiger partial charge in [0.05, 0.1) is 27.6 Å². The summed E-state index contributed by atoms with van der Waals surface area (Å²) in [6.45, 7) is 0.303. The molecule has 2 aromatic carbocycles. The number of amides is 1. The fraction of sp³-hybridized carbons (Fsp3) is 0.0952. The number of para-hydroxylation sites is 1. The fourth-order valence-electron chi connectivity index (χ4n) is 2.96. The summed E-state index contributed by atoms with van der Waals surface area (Å²) in [5, 5.41) is 11.9. The SMILES string of the molecule is O=C(Cc1ccc([N+](=O)[O-])cc1)N(Cc1cccnc1)c1nc2c(Cl)cccc2s1. The lowest BCUT2D eigenvalue weighted by Gasteiger charge is -2.20. The van der Waals surface area contributed by atoms with Gasteiger partial charge in [0.25, 0.3) is 5.69 Å². The van der Waals surface area contributed by atoms with Crippen molar-refractivity contribution < 1.29 is 9.72 Å². The molecule has 0 atom stereocenters. The largest absolute Gasteiger partial charge is 0.283 e. The molecule has 150 valence electrons. The molecule has 2 heterocycles. The Balaban J connectivity index is 1.66. The maximum Gasteiger partial charge on any atom is 0.269 e. The maximum absolute atomic E-state index is 13.2. The predicted molar refractivity (Wildman–Crippen MR) is 117 cm³/mol. The van der Waals surface area contributed by atoms with Crippen molar-refractivity contribution in [2.24, 2.45) is 0 Å². The van der Waals surface area contributed by atoms with E-state index in [2.05, 4.69) is 9.97 Å². The summed E-state index contributed by atoms with van der Waals surface area (Å²) in [4.78, 5) is 33.9. The normalized spacial score (nSPS) is 10.8. The minimum absolute atomic E-state index is 0.0146. The van der Waals surface area contributed by atoms with Gasteiger partial charge < -0.3 is 0 Å². The number of carbonyl (C=O) groups is 1. The third kappa shape index (κ3) is 4.29. The number of non-ortho nitro benzene ring substituents is 1. The molecule has 0 saturated carbocycles. The van der Waals surface area contributed by atoms with Gasteiger partial charge in [-0.05, 0) is 29.3 Å². The molecule has 0 unspecified atom stereocenters. The summed E-state index contributed by atoms with van der Waals surface area (Å²) < 4.78 is 0.886. The topological polar surface area (TPSA) is 89.2 Å². The molecular weight excluding hydrogens is 424 g/mol. The summed E-state index contributed by atoms with van der Waals surface area (Å²) in [6, 6.07) is 15.2. The number of nitro benzene ring substituents is 1. The molecule has 0 spiro atoms. The second kappa shape index (κ2) is 8.56. The molecule has 0 aliphatic heterocycles. The zero-order chi connectivity index (χ0) is 21.1. The minimum Gasteiger partial charge on any atom is -0.283 e. The first-order chi connectivity index (χ1) is 14.5. The van der Waals surface area contributed by atoms with Crippen LogP contribution in [0.25, 0.3) is 10.2 Å². The number of hydrogen-bond donors (Lipinski definition) is 0. The predicted octanol–water partition coefficient (Wildman–Crippen LogP) is 5.03. The number of hydrogen-bond acceptors (Lipinski definition) is 6. The number of fused-ring (bicyclic) bond motifs is 1. The molecule has 0 fully saturated rings. The quantitative estimate of drug-likeness (QED) is 0.311. The zero-order valence-electron chi connectivity index (χ0n) is 15.6. The van der Waals surface area contributed by atoms with Crippen molar-refractivity contribution in [1.29, 1.82) is 0 Å². The van der Waals surface area contributed by atoms with E-state index in [0.717, 1.165) is 10.3 Å². The first kappa shape index (κ1) is 19.9. The third-order valence-corrected chi connectivity index (χ3v) is 5.80. The van der Waals surface area contributed by atoms with Crippen LogP contribution in [0.15, 0.2) is 67.0 Å². The van der Waals surface area contributed by atoms with Crippen LogP contribution in [0.5, 0.6) is 0 Å². The Bertz CT molecular complexity index is 1210. The maximum atomic E-state index is 13.2. The van der Waals surface area contributed by atoms with Gasteiger partial charge in [-0.25, -0.2) is 4.98 Å². The molecule has 30 heavy (non-hydrogen) atoms. The number of carbonyl (C=O) groups excluding carboxylic acids is 1. The lowest BCUT2D eigenvalue weighted by atomic mass is 10.1. The summed E-state index contributed by atoms with van der Waals surface area (Å²) in [6.07, 6.45) is 3.46. The average Bonchev–Trinajstić information content (AvgIpc) is 3.18. The summed E-state index contributed by atoms with van der Waals surface area (Å²) in [7, 11) is 0. The van der Waals surface area contributed by atoms with Crippen LogP contribution >= 0.6 is 22.9 Å². The van der Waals surface area contributed by atoms with E-state index in [1.165, 1.54) is 23.5 Å². The number of nitrogens with zero attached hydrogens (tertiary/aromatic N) is 4. The van der Waals surface area contributed by atoms with Crippen LogP contribution in [0.1, 0.15) is 11.1 Å². The lowest BCUT2D eigenvalue weighted by Crippen LogP contribution is -2.31. The monoisotopic (exact) mass is 438 g/mol. The van der Waals surface area contributed by atoms with Crippen LogP contribution in [0.2, 0.25) is 5.02 Å². The van der Waals surface area contributed by atoms with Gasteiger partial charge in [-0.3, -0.25) is 24.8 Å². The highest BCUT2D eigenvalue weighted by molar-refractivity contribution is 7.22. The highest BCUT2D eigenvalue weighted by atomic mass is 35.5. The van der Waals surface area contributed by atoms with Crippen LogP contribution < -0.4 is 4.90 Å². The molecule has 4 rings (SSSR count). The van der Waals surface area contributed by atoms with Gasteiger partial charge in [-0.2, -0.15) is 0 Å². The Morgan fingerprint density at radius 3 is 2.57 bits per heavy atom. The van der Waals surface area contributed by atoms with Gasteiger partial charge in [0.2, 0.25) is 5.91 Å². The van der Waals surface area contributed by atoms with Crippen molar-refractivity contribution in [3.63, 3.8) is 0 Å². The summed E-state index contributed by atoms with van der Waals surface area (Å²) in [5.41, 5.74) is 2.18. The molecule has 9 heteroatoms. The number of aromatic nitrogens is 2. The molecule has 0 saturated heterocycles. The molecule has 0 N–H and O–H groups in total. The van der Waals surface area contributed by atoms with Gasteiger partial charge in [0.1, 0.15) is 5.52 Å². The van der Waals surface area contributed by atoms with Crippen molar-refractivity contribution in [1.82, 2.24) is 9.97 Å². The number of rotatable bonds is 6. The number of benzene rings is 2. The van der Waals surface area contributed by atoms with E-state index in [4.69, 9.17) is 11.6 Å². The van der Waals surface area contributed by atoms with Crippen LogP contribution in [-0.4, -0.2) is 20.8 Å². The van der Waals surface area contributed by atoms with Crippen molar-refractivity contribution in [3.05, 3.63) is 93.3 Å². The zero-order valence-corrected chi connectivity index (χ0v) is 17.1. The Hall–Kier alpha value is -3.36. The highest BCUT2D eigenvalue weighted by Crippen LogP contribution is 2.33. The van der Waals surface area contributed by atoms with E-state index in [9.17, 15) is 14.9 Å². The first-order valence-electron chi connectivity index (χ1n) is 8.99. The van der Waals surface area contributed by atoms with Crippen LogP contribution in [-0.2, 0) is 17.8 Å². The molecule has 0 radical (unpaired) electrons. The van der Waals surface area contributed by atoms with E-state index in [-0.39, 0.29) is 18.0 Å². The Labute approximate surface area is 180 Å². The van der Waals surface area contributed by atoms with Crippen LogP contribution in [0.3, 0.4) is 0 Å². The standard InChI is InChI=1S/C21H15ClN4O3S/c22-17-4-1-5-18-20(17)24-21(30-18)25(13-15-3-2-10-23-12-15)19(27)11-14-6-8-16(9-7-14)26(28)29/h1-10,12H,11,13H2. The highest BCUT2D eigenvalue weighted by Gasteiger charge is 2.21. The molecule has 0 aliphatic rings. The smallest absolute Gasteiger partial charge is 0.269 e. The average molecular weight is 439 g/mol. The fourth-order valence-corrected chi connectivity index (χ4v) is 4.24. The van der Waals surface area contributed by atoms with Gasteiger partial charge in [0.15, 0.2) is 5.13 Å². The molecule has 4 aromatic rings. The number of thiazole rings is 1. The Kier molecular flexibility index (Phi) is 5.69. The summed E-state index contributed by atoms with van der Waals surface area (Å²) in [5.74, 6) is -0.178. The molecule has 2 aromatic heterocycles. The second-order valence-electron chi connectivity index (χ2n) is 6.52. The lowest BCUT2D eigenvalue weighted by molar-refractivity contribution is -0.384. The Morgan fingerprint density at radius 2 is 1.90 bits per heavy atom.